The summed E-state index contributed by atoms with van der Waals surface area (Å²) in [7, 11) is 0. The van der Waals surface area contributed by atoms with E-state index in [1.54, 1.807) is 0 Å². The van der Waals surface area contributed by atoms with Crippen molar-refractivity contribution in [2.75, 3.05) is 0 Å². The summed E-state index contributed by atoms with van der Waals surface area (Å²) < 4.78 is 0. The summed E-state index contributed by atoms with van der Waals surface area (Å²) in [6.07, 6.45) is 0. The highest BCUT2D eigenvalue weighted by atomic mass is 16.2. The minimum atomic E-state index is -0.645. The van der Waals surface area contributed by atoms with E-state index in [0.717, 1.165) is 0 Å². The van der Waals surface area contributed by atoms with Crippen LogP contribution in [0.25, 0.3) is 0 Å². The standard InChI is InChI=1S/C5H9N3O2/c1-3(5(6)10)7-8-4(2)9/h1-2H3,(H2,6,10)(H,8,9)/b7-3-. The van der Waals surface area contributed by atoms with Crippen LogP contribution < -0.4 is 11.2 Å². The quantitative estimate of drug-likeness (QED) is 0.383. The Kier molecular flexibility index (Phi) is 3.10. The third-order valence-corrected chi connectivity index (χ3v) is 0.738. The molecule has 0 saturated carbocycles. The molecule has 0 rings (SSSR count). The molecule has 0 aliphatic heterocycles. The van der Waals surface area contributed by atoms with E-state index in [9.17, 15) is 9.59 Å². The molecule has 0 aromatic heterocycles. The van der Waals surface area contributed by atoms with Crippen molar-refractivity contribution < 1.29 is 9.59 Å². The molecule has 5 nitrogen and oxygen atoms in total. The third-order valence-electron chi connectivity index (χ3n) is 0.738. The molecule has 0 spiro atoms. The molecule has 0 saturated heterocycles. The lowest BCUT2D eigenvalue weighted by molar-refractivity contribution is -0.118. The number of nitrogens with two attached hydrogens (primary N) is 1. The van der Waals surface area contributed by atoms with Crippen molar-refractivity contribution >= 4 is 17.5 Å². The Morgan fingerprint density at radius 2 is 1.90 bits per heavy atom. The highest BCUT2D eigenvalue weighted by Gasteiger charge is 1.97. The van der Waals surface area contributed by atoms with Crippen LogP contribution in [-0.2, 0) is 9.59 Å². The Balaban J connectivity index is 3.92. The molecule has 0 radical (unpaired) electrons. The first kappa shape index (κ1) is 8.61. The molecule has 0 bridgehead atoms. The number of nitrogens with one attached hydrogen (secondary N) is 1. The van der Waals surface area contributed by atoms with Crippen LogP contribution in [0.4, 0.5) is 0 Å². The lowest BCUT2D eigenvalue weighted by atomic mass is 10.4. The molecule has 0 aliphatic carbocycles. The molecule has 0 unspecified atom stereocenters. The van der Waals surface area contributed by atoms with Crippen molar-refractivity contribution in [2.45, 2.75) is 13.8 Å². The minimum absolute atomic E-state index is 0.0789. The normalized spacial score (nSPS) is 10.8. The van der Waals surface area contributed by atoms with Crippen molar-refractivity contribution in [1.82, 2.24) is 5.43 Å². The summed E-state index contributed by atoms with van der Waals surface area (Å²) in [4.78, 5) is 20.5. The number of hydrogen-bond donors (Lipinski definition) is 2. The molecule has 56 valence electrons. The van der Waals surface area contributed by atoms with Crippen LogP contribution >= 0.6 is 0 Å². The first-order valence-corrected chi connectivity index (χ1v) is 2.64. The molecule has 0 aliphatic rings. The fourth-order valence-corrected chi connectivity index (χ4v) is 0.218. The predicted octanol–water partition coefficient (Wildman–Crippen LogP) is -1.02. The average Bonchev–Trinajstić information content (AvgIpc) is 1.82. The number of primary amides is 1. The Labute approximate surface area is 58.3 Å². The zero-order chi connectivity index (χ0) is 8.15. The lowest BCUT2D eigenvalue weighted by Crippen LogP contribution is -2.24. The van der Waals surface area contributed by atoms with Gasteiger partial charge in [-0.25, -0.2) is 5.43 Å². The minimum Gasteiger partial charge on any atom is -0.365 e. The van der Waals surface area contributed by atoms with Gasteiger partial charge in [0.05, 0.1) is 0 Å². The van der Waals surface area contributed by atoms with Crippen molar-refractivity contribution in [3.63, 3.8) is 0 Å². The Bertz CT molecular complexity index is 185. The molecule has 0 atom stereocenters. The van der Waals surface area contributed by atoms with Gasteiger partial charge in [-0.05, 0) is 6.92 Å². The maximum Gasteiger partial charge on any atom is 0.264 e. The molecule has 2 amide bonds. The Morgan fingerprint density at radius 1 is 1.40 bits per heavy atom. The molecule has 5 heteroatoms. The molecule has 0 aromatic carbocycles. The zero-order valence-electron chi connectivity index (χ0n) is 5.84. The zero-order valence-corrected chi connectivity index (χ0v) is 5.84. The van der Waals surface area contributed by atoms with Crippen LogP contribution in [0.15, 0.2) is 5.10 Å². The molecule has 3 N–H and O–H groups in total. The largest absolute Gasteiger partial charge is 0.365 e. The predicted molar refractivity (Wildman–Crippen MR) is 36.1 cm³/mol. The number of nitrogens with zero attached hydrogens (tertiary/aromatic N) is 1. The summed E-state index contributed by atoms with van der Waals surface area (Å²) in [6.45, 7) is 2.70. The second-order valence-electron chi connectivity index (χ2n) is 1.73. The summed E-state index contributed by atoms with van der Waals surface area (Å²) in [5, 5.41) is 3.37. The average molecular weight is 143 g/mol. The number of hydrazone groups is 1. The molecule has 0 aromatic rings. The van der Waals surface area contributed by atoms with Gasteiger partial charge >= 0.3 is 0 Å². The summed E-state index contributed by atoms with van der Waals surface area (Å²) in [5.41, 5.74) is 6.95. The molecule has 0 fully saturated rings. The van der Waals surface area contributed by atoms with E-state index in [4.69, 9.17) is 5.73 Å². The number of amides is 2. The number of hydrogen-bond acceptors (Lipinski definition) is 3. The van der Waals surface area contributed by atoms with Gasteiger partial charge in [-0.2, -0.15) is 5.10 Å². The first-order chi connectivity index (χ1) is 4.54. The third kappa shape index (κ3) is 3.59. The van der Waals surface area contributed by atoms with Crippen LogP contribution in [0.3, 0.4) is 0 Å². The summed E-state index contributed by atoms with van der Waals surface area (Å²) in [6, 6.07) is 0. The maximum atomic E-state index is 10.3. The van der Waals surface area contributed by atoms with E-state index in [1.165, 1.54) is 13.8 Å². The van der Waals surface area contributed by atoms with Crippen LogP contribution in [0, 0.1) is 0 Å². The summed E-state index contributed by atoms with van der Waals surface area (Å²) >= 11 is 0. The number of carbonyl (C=O) groups excluding carboxylic acids is 2. The van der Waals surface area contributed by atoms with Crippen LogP contribution in [0.2, 0.25) is 0 Å². The van der Waals surface area contributed by atoms with E-state index >= 15 is 0 Å². The summed E-state index contributed by atoms with van der Waals surface area (Å²) in [5.74, 6) is -0.977. The van der Waals surface area contributed by atoms with Gasteiger partial charge in [0.1, 0.15) is 5.71 Å². The second-order valence-corrected chi connectivity index (χ2v) is 1.73. The van der Waals surface area contributed by atoms with Gasteiger partial charge in [0.15, 0.2) is 0 Å². The second kappa shape index (κ2) is 3.60. The number of carbonyl (C=O) groups is 2. The highest BCUT2D eigenvalue weighted by molar-refractivity contribution is 6.37. The Hall–Kier alpha value is -1.39. The fraction of sp³-hybridized carbons (Fsp3) is 0.400. The van der Waals surface area contributed by atoms with Gasteiger partial charge < -0.3 is 5.73 Å². The smallest absolute Gasteiger partial charge is 0.264 e. The van der Waals surface area contributed by atoms with Gasteiger partial charge in [0, 0.05) is 6.92 Å². The van der Waals surface area contributed by atoms with Crippen molar-refractivity contribution in [3.8, 4) is 0 Å². The van der Waals surface area contributed by atoms with Crippen LogP contribution in [0.5, 0.6) is 0 Å². The monoisotopic (exact) mass is 143 g/mol. The van der Waals surface area contributed by atoms with Crippen LogP contribution in [0.1, 0.15) is 13.8 Å². The Morgan fingerprint density at radius 3 is 2.20 bits per heavy atom. The van der Waals surface area contributed by atoms with E-state index in [-0.39, 0.29) is 11.6 Å². The SMILES string of the molecule is CC(=O)N/N=C(/C)C(N)=O. The van der Waals surface area contributed by atoms with Gasteiger partial charge in [0.2, 0.25) is 5.91 Å². The van der Waals surface area contributed by atoms with Gasteiger partial charge in [0.25, 0.3) is 5.91 Å². The lowest BCUT2D eigenvalue weighted by Gasteiger charge is -1.93. The van der Waals surface area contributed by atoms with E-state index in [2.05, 4.69) is 10.5 Å². The first-order valence-electron chi connectivity index (χ1n) is 2.64. The van der Waals surface area contributed by atoms with Crippen molar-refractivity contribution in [1.29, 1.82) is 0 Å². The number of rotatable bonds is 2. The van der Waals surface area contributed by atoms with Gasteiger partial charge in [-0.1, -0.05) is 0 Å². The van der Waals surface area contributed by atoms with E-state index < -0.39 is 5.91 Å². The fourth-order valence-electron chi connectivity index (χ4n) is 0.218. The van der Waals surface area contributed by atoms with E-state index in [1.807, 2.05) is 0 Å². The molecule has 10 heavy (non-hydrogen) atoms. The topological polar surface area (TPSA) is 84.6 Å². The van der Waals surface area contributed by atoms with E-state index in [0.29, 0.717) is 0 Å². The van der Waals surface area contributed by atoms with Gasteiger partial charge in [-0.3, -0.25) is 9.59 Å². The maximum absolute atomic E-state index is 10.3. The molecular formula is C5H9N3O2. The highest BCUT2D eigenvalue weighted by Crippen LogP contribution is 1.71. The van der Waals surface area contributed by atoms with Crippen molar-refractivity contribution in [3.05, 3.63) is 0 Å². The van der Waals surface area contributed by atoms with Gasteiger partial charge in [-0.15, -0.1) is 0 Å². The van der Waals surface area contributed by atoms with Crippen LogP contribution in [-0.4, -0.2) is 17.5 Å². The molecule has 0 heterocycles. The van der Waals surface area contributed by atoms with Crippen molar-refractivity contribution in [2.24, 2.45) is 10.8 Å². The molecular weight excluding hydrogens is 134 g/mol.